The molecular formula is C16H16ClN5O3S2. The van der Waals surface area contributed by atoms with Crippen molar-refractivity contribution in [3.8, 4) is 10.4 Å². The van der Waals surface area contributed by atoms with Crippen molar-refractivity contribution >= 4 is 43.9 Å². The van der Waals surface area contributed by atoms with Crippen LogP contribution in [0.3, 0.4) is 0 Å². The molecule has 0 aliphatic carbocycles. The zero-order valence-electron chi connectivity index (χ0n) is 14.2. The number of aromatic nitrogens is 3. The summed E-state index contributed by atoms with van der Waals surface area (Å²) in [6.07, 6.45) is 4.72. The van der Waals surface area contributed by atoms with Gasteiger partial charge in [0.05, 0.1) is 28.4 Å². The van der Waals surface area contributed by atoms with Gasteiger partial charge in [0.2, 0.25) is 10.0 Å². The molecule has 0 aliphatic heterocycles. The van der Waals surface area contributed by atoms with Crippen molar-refractivity contribution in [3.05, 3.63) is 47.5 Å². The Morgan fingerprint density at radius 3 is 2.81 bits per heavy atom. The second-order valence-electron chi connectivity index (χ2n) is 5.42. The minimum Gasteiger partial charge on any atom is -0.395 e. The third kappa shape index (κ3) is 4.60. The summed E-state index contributed by atoms with van der Waals surface area (Å²) in [5.74, 6) is 0.561. The number of rotatable bonds is 7. The maximum Gasteiger partial charge on any atom is 0.242 e. The van der Waals surface area contributed by atoms with Gasteiger partial charge in [-0.2, -0.15) is 0 Å². The summed E-state index contributed by atoms with van der Waals surface area (Å²) in [5.41, 5.74) is 1.41. The number of sulfonamides is 1. The Hall–Kier alpha value is -2.11. The van der Waals surface area contributed by atoms with Crippen molar-refractivity contribution in [2.24, 2.45) is 0 Å². The smallest absolute Gasteiger partial charge is 0.242 e. The van der Waals surface area contributed by atoms with Gasteiger partial charge in [-0.05, 0) is 24.6 Å². The van der Waals surface area contributed by atoms with Gasteiger partial charge in [-0.1, -0.05) is 29.0 Å². The largest absolute Gasteiger partial charge is 0.395 e. The number of hydrogen-bond acceptors (Lipinski definition) is 8. The normalized spacial score (nSPS) is 11.5. The molecule has 11 heteroatoms. The summed E-state index contributed by atoms with van der Waals surface area (Å²) in [7, 11) is -3.83. The summed E-state index contributed by atoms with van der Waals surface area (Å²) >= 11 is 7.44. The lowest BCUT2D eigenvalue weighted by Crippen LogP contribution is -2.26. The molecule has 3 rings (SSSR count). The molecule has 0 atom stereocenters. The summed E-state index contributed by atoms with van der Waals surface area (Å²) in [6, 6.07) is 4.76. The van der Waals surface area contributed by atoms with E-state index in [4.69, 9.17) is 16.7 Å². The highest BCUT2D eigenvalue weighted by atomic mass is 35.5. The zero-order chi connectivity index (χ0) is 19.4. The van der Waals surface area contributed by atoms with Gasteiger partial charge in [-0.25, -0.2) is 23.1 Å². The van der Waals surface area contributed by atoms with Crippen molar-refractivity contribution in [1.82, 2.24) is 19.7 Å². The lowest BCUT2D eigenvalue weighted by Gasteiger charge is -2.09. The van der Waals surface area contributed by atoms with Gasteiger partial charge in [0.1, 0.15) is 4.90 Å². The van der Waals surface area contributed by atoms with Crippen molar-refractivity contribution in [2.45, 2.75) is 11.8 Å². The number of aliphatic hydroxyl groups excluding tert-OH is 1. The molecule has 0 unspecified atom stereocenters. The Morgan fingerprint density at radius 2 is 2.11 bits per heavy atom. The molecule has 27 heavy (non-hydrogen) atoms. The van der Waals surface area contributed by atoms with Gasteiger partial charge in [-0.3, -0.25) is 4.98 Å². The number of hydrogen-bond donors (Lipinski definition) is 3. The van der Waals surface area contributed by atoms with E-state index in [0.717, 1.165) is 10.6 Å². The highest BCUT2D eigenvalue weighted by molar-refractivity contribution is 7.89. The molecule has 0 spiro atoms. The van der Waals surface area contributed by atoms with Crippen LogP contribution in [0.15, 0.2) is 41.7 Å². The number of nitrogens with zero attached hydrogens (tertiary/aromatic N) is 3. The first-order valence-corrected chi connectivity index (χ1v) is 10.5. The number of halogens is 1. The van der Waals surface area contributed by atoms with E-state index in [1.54, 1.807) is 24.7 Å². The first kappa shape index (κ1) is 19.6. The van der Waals surface area contributed by atoms with Crippen LogP contribution < -0.4 is 10.0 Å². The Kier molecular flexibility index (Phi) is 6.02. The number of aryl methyl sites for hydroxylation is 1. The zero-order valence-corrected chi connectivity index (χ0v) is 16.6. The van der Waals surface area contributed by atoms with Gasteiger partial charge in [0.15, 0.2) is 10.9 Å². The van der Waals surface area contributed by atoms with Crippen molar-refractivity contribution in [2.75, 3.05) is 18.5 Å². The van der Waals surface area contributed by atoms with Crippen LogP contribution in [0.25, 0.3) is 10.4 Å². The van der Waals surface area contributed by atoms with Gasteiger partial charge in [0.25, 0.3) is 0 Å². The minimum atomic E-state index is -3.83. The lowest BCUT2D eigenvalue weighted by molar-refractivity contribution is 0.301. The standard InChI is InChI=1S/C16H16ClN5O3S2/c1-10-15(26-16(21-10)22-14-9-18-4-5-19-14)11-2-3-12(17)13(8-11)27(24,25)20-6-7-23/h2-5,8-9,20,23H,6-7H2,1H3,(H,19,21,22). The van der Waals surface area contributed by atoms with Crippen molar-refractivity contribution in [3.63, 3.8) is 0 Å². The van der Waals surface area contributed by atoms with Crippen LogP contribution in [0.5, 0.6) is 0 Å². The molecule has 8 nitrogen and oxygen atoms in total. The summed E-state index contributed by atoms with van der Waals surface area (Å²) in [5, 5.41) is 12.6. The van der Waals surface area contributed by atoms with E-state index in [-0.39, 0.29) is 23.1 Å². The first-order valence-electron chi connectivity index (χ1n) is 7.81. The van der Waals surface area contributed by atoms with Crippen LogP contribution in [0, 0.1) is 6.92 Å². The molecule has 0 saturated heterocycles. The van der Waals surface area contributed by atoms with Gasteiger partial charge in [-0.15, -0.1) is 0 Å². The van der Waals surface area contributed by atoms with Crippen molar-refractivity contribution < 1.29 is 13.5 Å². The fourth-order valence-corrected chi connectivity index (χ4v) is 4.81. The number of benzene rings is 1. The number of anilines is 2. The van der Waals surface area contributed by atoms with Crippen molar-refractivity contribution in [1.29, 1.82) is 0 Å². The topological polar surface area (TPSA) is 117 Å². The Labute approximate surface area is 165 Å². The highest BCUT2D eigenvalue weighted by Crippen LogP contribution is 2.36. The molecule has 2 aromatic heterocycles. The number of nitrogens with one attached hydrogen (secondary N) is 2. The van der Waals surface area contributed by atoms with E-state index in [1.807, 2.05) is 6.92 Å². The molecule has 3 aromatic rings. The molecule has 0 radical (unpaired) electrons. The molecule has 0 fully saturated rings. The first-order chi connectivity index (χ1) is 12.9. The molecular weight excluding hydrogens is 410 g/mol. The Bertz CT molecular complexity index is 1040. The molecule has 0 saturated carbocycles. The van der Waals surface area contributed by atoms with E-state index in [9.17, 15) is 8.42 Å². The van der Waals surface area contributed by atoms with E-state index >= 15 is 0 Å². The van der Waals surface area contributed by atoms with Crippen LogP contribution in [0.4, 0.5) is 10.9 Å². The maximum atomic E-state index is 12.4. The van der Waals surface area contributed by atoms with Crippen LogP contribution in [0.1, 0.15) is 5.69 Å². The van der Waals surface area contributed by atoms with E-state index in [1.165, 1.54) is 23.5 Å². The minimum absolute atomic E-state index is 0.0497. The van der Waals surface area contributed by atoms with Crippen LogP contribution in [-0.2, 0) is 10.0 Å². The Balaban J connectivity index is 1.94. The SMILES string of the molecule is Cc1nc(Nc2cnccn2)sc1-c1ccc(Cl)c(S(=O)(=O)NCCO)c1. The molecule has 1 aromatic carbocycles. The molecule has 0 amide bonds. The van der Waals surface area contributed by atoms with Gasteiger partial charge < -0.3 is 10.4 Å². The fraction of sp³-hybridized carbons (Fsp3) is 0.188. The number of aliphatic hydroxyl groups is 1. The van der Waals surface area contributed by atoms with Gasteiger partial charge >= 0.3 is 0 Å². The summed E-state index contributed by atoms with van der Waals surface area (Å²) in [6.45, 7) is 1.44. The number of thiazole rings is 1. The molecule has 2 heterocycles. The van der Waals surface area contributed by atoms with Crippen LogP contribution in [-0.4, -0.2) is 41.6 Å². The third-order valence-corrected chi connectivity index (χ3v) is 6.55. The molecule has 0 aliphatic rings. The summed E-state index contributed by atoms with van der Waals surface area (Å²) in [4.78, 5) is 13.3. The fourth-order valence-electron chi connectivity index (χ4n) is 2.30. The monoisotopic (exact) mass is 425 g/mol. The van der Waals surface area contributed by atoms with Gasteiger partial charge in [0, 0.05) is 18.9 Å². The maximum absolute atomic E-state index is 12.4. The average Bonchev–Trinajstić information content (AvgIpc) is 3.01. The van der Waals surface area contributed by atoms with Crippen LogP contribution in [0.2, 0.25) is 5.02 Å². The highest BCUT2D eigenvalue weighted by Gasteiger charge is 2.20. The molecule has 0 bridgehead atoms. The third-order valence-electron chi connectivity index (χ3n) is 3.48. The van der Waals surface area contributed by atoms with Crippen LogP contribution >= 0.6 is 22.9 Å². The second kappa shape index (κ2) is 8.28. The predicted octanol–water partition coefficient (Wildman–Crippen LogP) is 2.58. The van der Waals surface area contributed by atoms with E-state index in [2.05, 4.69) is 25.0 Å². The quantitative estimate of drug-likeness (QED) is 0.532. The predicted molar refractivity (Wildman–Crippen MR) is 105 cm³/mol. The molecule has 3 N–H and O–H groups in total. The second-order valence-corrected chi connectivity index (χ2v) is 8.56. The lowest BCUT2D eigenvalue weighted by atomic mass is 10.2. The average molecular weight is 426 g/mol. The molecule has 142 valence electrons. The summed E-state index contributed by atoms with van der Waals surface area (Å²) < 4.78 is 27.1. The Morgan fingerprint density at radius 1 is 1.30 bits per heavy atom. The van der Waals surface area contributed by atoms with E-state index < -0.39 is 10.0 Å². The van der Waals surface area contributed by atoms with E-state index in [0.29, 0.717) is 16.5 Å².